The molecule has 1 unspecified atom stereocenters. The van der Waals surface area contributed by atoms with E-state index in [0.29, 0.717) is 19.3 Å². The van der Waals surface area contributed by atoms with Crippen LogP contribution in [0.5, 0.6) is 0 Å². The van der Waals surface area contributed by atoms with Gasteiger partial charge in [0, 0.05) is 6.42 Å². The molecule has 1 atom stereocenters. The Balaban J connectivity index is 2.76. The Labute approximate surface area is 101 Å². The van der Waals surface area contributed by atoms with E-state index in [-0.39, 0.29) is 5.78 Å². The molecule has 0 radical (unpaired) electrons. The van der Waals surface area contributed by atoms with Crippen molar-refractivity contribution in [3.05, 3.63) is 35.4 Å². The van der Waals surface area contributed by atoms with Gasteiger partial charge in [0.05, 0.1) is 5.92 Å². The van der Waals surface area contributed by atoms with Gasteiger partial charge in [-0.3, -0.25) is 4.79 Å². The molecule has 3 heteroatoms. The second-order valence-corrected chi connectivity index (χ2v) is 4.34. The highest BCUT2D eigenvalue weighted by Crippen LogP contribution is 2.25. The molecule has 17 heavy (non-hydrogen) atoms. The van der Waals surface area contributed by atoms with Gasteiger partial charge < -0.3 is 9.90 Å². The van der Waals surface area contributed by atoms with Crippen LogP contribution in [0, 0.1) is 6.92 Å². The summed E-state index contributed by atoms with van der Waals surface area (Å²) in [6, 6.07) is 7.51. The SMILES string of the molecule is CC(=O)CCCC(C(=O)O)c1ccccc1C. The molecule has 92 valence electrons. The van der Waals surface area contributed by atoms with Gasteiger partial charge in [0.25, 0.3) is 0 Å². The Hall–Kier alpha value is -1.64. The molecule has 0 heterocycles. The second kappa shape index (κ2) is 6.18. The summed E-state index contributed by atoms with van der Waals surface area (Å²) in [5, 5.41) is 9.23. The first-order chi connectivity index (χ1) is 8.02. The summed E-state index contributed by atoms with van der Waals surface area (Å²) in [7, 11) is 0. The number of hydrogen-bond donors (Lipinski definition) is 1. The zero-order chi connectivity index (χ0) is 12.8. The normalized spacial score (nSPS) is 12.1. The van der Waals surface area contributed by atoms with Crippen LogP contribution in [-0.2, 0) is 9.59 Å². The minimum Gasteiger partial charge on any atom is -0.481 e. The molecule has 0 fully saturated rings. The molecule has 0 aliphatic heterocycles. The van der Waals surface area contributed by atoms with Crippen LogP contribution in [0.1, 0.15) is 43.2 Å². The van der Waals surface area contributed by atoms with Crippen LogP contribution in [0.15, 0.2) is 24.3 Å². The third-order valence-corrected chi connectivity index (χ3v) is 2.88. The molecule has 0 aliphatic carbocycles. The van der Waals surface area contributed by atoms with Crippen molar-refractivity contribution in [3.8, 4) is 0 Å². The fraction of sp³-hybridized carbons (Fsp3) is 0.429. The highest BCUT2D eigenvalue weighted by molar-refractivity contribution is 5.77. The van der Waals surface area contributed by atoms with Gasteiger partial charge in [-0.2, -0.15) is 0 Å². The second-order valence-electron chi connectivity index (χ2n) is 4.34. The molecule has 0 saturated heterocycles. The van der Waals surface area contributed by atoms with Crippen LogP contribution < -0.4 is 0 Å². The predicted molar refractivity (Wildman–Crippen MR) is 66.1 cm³/mol. The molecule has 1 N–H and O–H groups in total. The summed E-state index contributed by atoms with van der Waals surface area (Å²) in [6.07, 6.45) is 1.59. The Kier molecular flexibility index (Phi) is 4.88. The molecule has 1 aromatic rings. The maximum absolute atomic E-state index is 11.2. The molecule has 0 spiro atoms. The summed E-state index contributed by atoms with van der Waals surface area (Å²) in [4.78, 5) is 22.1. The molecule has 0 aromatic heterocycles. The molecule has 0 saturated carbocycles. The quantitative estimate of drug-likeness (QED) is 0.823. The van der Waals surface area contributed by atoms with Gasteiger partial charge in [-0.05, 0) is 37.8 Å². The van der Waals surface area contributed by atoms with Crippen molar-refractivity contribution in [3.63, 3.8) is 0 Å². The maximum atomic E-state index is 11.2. The first kappa shape index (κ1) is 13.4. The lowest BCUT2D eigenvalue weighted by molar-refractivity contribution is -0.139. The average molecular weight is 234 g/mol. The lowest BCUT2D eigenvalue weighted by atomic mass is 9.90. The molecule has 3 nitrogen and oxygen atoms in total. The zero-order valence-electron chi connectivity index (χ0n) is 10.3. The van der Waals surface area contributed by atoms with Gasteiger partial charge in [0.1, 0.15) is 5.78 Å². The number of ketones is 1. The van der Waals surface area contributed by atoms with Gasteiger partial charge >= 0.3 is 5.97 Å². The highest BCUT2D eigenvalue weighted by atomic mass is 16.4. The number of carboxylic acid groups (broad SMARTS) is 1. The number of aliphatic carboxylic acids is 1. The van der Waals surface area contributed by atoms with Crippen molar-refractivity contribution in [2.75, 3.05) is 0 Å². The number of rotatable bonds is 6. The van der Waals surface area contributed by atoms with Crippen LogP contribution in [-0.4, -0.2) is 16.9 Å². The summed E-state index contributed by atoms with van der Waals surface area (Å²) in [6.45, 7) is 3.44. The Bertz CT molecular complexity index is 410. The van der Waals surface area contributed by atoms with Gasteiger partial charge in [0.2, 0.25) is 0 Å². The molecule has 1 rings (SSSR count). The summed E-state index contributed by atoms with van der Waals surface area (Å²) < 4.78 is 0. The minimum atomic E-state index is -0.817. The Morgan fingerprint density at radius 3 is 2.47 bits per heavy atom. The maximum Gasteiger partial charge on any atom is 0.310 e. The smallest absolute Gasteiger partial charge is 0.310 e. The topological polar surface area (TPSA) is 54.4 Å². The Morgan fingerprint density at radius 1 is 1.29 bits per heavy atom. The third kappa shape index (κ3) is 4.02. The van der Waals surface area contributed by atoms with Gasteiger partial charge in [-0.1, -0.05) is 24.3 Å². The molecular formula is C14H18O3. The number of carbonyl (C=O) groups is 2. The number of Topliss-reactive ketones (excluding diaryl/α,β-unsaturated/α-hetero) is 1. The van der Waals surface area contributed by atoms with E-state index in [4.69, 9.17) is 0 Å². The van der Waals surface area contributed by atoms with Crippen LogP contribution in [0.2, 0.25) is 0 Å². The number of carbonyl (C=O) groups excluding carboxylic acids is 1. The van der Waals surface area contributed by atoms with Gasteiger partial charge in [0.15, 0.2) is 0 Å². The fourth-order valence-electron chi connectivity index (χ4n) is 1.94. The molecule has 0 bridgehead atoms. The number of hydrogen-bond acceptors (Lipinski definition) is 2. The first-order valence-corrected chi connectivity index (χ1v) is 5.80. The summed E-state index contributed by atoms with van der Waals surface area (Å²) >= 11 is 0. The highest BCUT2D eigenvalue weighted by Gasteiger charge is 2.20. The number of aryl methyl sites for hydroxylation is 1. The third-order valence-electron chi connectivity index (χ3n) is 2.88. The van der Waals surface area contributed by atoms with Gasteiger partial charge in [-0.25, -0.2) is 0 Å². The van der Waals surface area contributed by atoms with Crippen molar-refractivity contribution in [2.45, 2.75) is 39.0 Å². The summed E-state index contributed by atoms with van der Waals surface area (Å²) in [5.41, 5.74) is 1.84. The summed E-state index contributed by atoms with van der Waals surface area (Å²) in [5.74, 6) is -1.21. The van der Waals surface area contributed by atoms with Crippen molar-refractivity contribution < 1.29 is 14.7 Å². The molecule has 1 aromatic carbocycles. The number of benzene rings is 1. The lowest BCUT2D eigenvalue weighted by Gasteiger charge is -2.14. The van der Waals surface area contributed by atoms with E-state index in [1.165, 1.54) is 6.92 Å². The van der Waals surface area contributed by atoms with E-state index in [2.05, 4.69) is 0 Å². The molecule has 0 amide bonds. The van der Waals surface area contributed by atoms with Crippen molar-refractivity contribution >= 4 is 11.8 Å². The lowest BCUT2D eigenvalue weighted by Crippen LogP contribution is -2.13. The van der Waals surface area contributed by atoms with Gasteiger partial charge in [-0.15, -0.1) is 0 Å². The van der Waals surface area contributed by atoms with Crippen LogP contribution in [0.3, 0.4) is 0 Å². The average Bonchev–Trinajstić information content (AvgIpc) is 2.25. The van der Waals surface area contributed by atoms with E-state index < -0.39 is 11.9 Å². The van der Waals surface area contributed by atoms with E-state index in [0.717, 1.165) is 11.1 Å². The van der Waals surface area contributed by atoms with E-state index in [1.54, 1.807) is 0 Å². The minimum absolute atomic E-state index is 0.110. The van der Waals surface area contributed by atoms with Crippen molar-refractivity contribution in [1.82, 2.24) is 0 Å². The molecular weight excluding hydrogens is 216 g/mol. The fourth-order valence-corrected chi connectivity index (χ4v) is 1.94. The van der Waals surface area contributed by atoms with E-state index >= 15 is 0 Å². The number of carboxylic acids is 1. The standard InChI is InChI=1S/C14H18O3/c1-10-6-3-4-8-12(10)13(14(16)17)9-5-7-11(2)15/h3-4,6,8,13H,5,7,9H2,1-2H3,(H,16,17). The van der Waals surface area contributed by atoms with Crippen LogP contribution in [0.4, 0.5) is 0 Å². The predicted octanol–water partition coefficient (Wildman–Crippen LogP) is 2.92. The Morgan fingerprint density at radius 2 is 1.94 bits per heavy atom. The van der Waals surface area contributed by atoms with Crippen LogP contribution in [0.25, 0.3) is 0 Å². The van der Waals surface area contributed by atoms with Crippen LogP contribution >= 0.6 is 0 Å². The van der Waals surface area contributed by atoms with E-state index in [9.17, 15) is 14.7 Å². The largest absolute Gasteiger partial charge is 0.481 e. The monoisotopic (exact) mass is 234 g/mol. The first-order valence-electron chi connectivity index (χ1n) is 5.80. The van der Waals surface area contributed by atoms with Crippen molar-refractivity contribution in [2.24, 2.45) is 0 Å². The van der Waals surface area contributed by atoms with Crippen molar-refractivity contribution in [1.29, 1.82) is 0 Å². The zero-order valence-corrected chi connectivity index (χ0v) is 10.3. The molecule has 0 aliphatic rings. The van der Waals surface area contributed by atoms with E-state index in [1.807, 2.05) is 31.2 Å².